The zero-order valence-corrected chi connectivity index (χ0v) is 13.5. The molecule has 1 saturated carbocycles. The summed E-state index contributed by atoms with van der Waals surface area (Å²) in [5.74, 6) is 0.663. The Morgan fingerprint density at radius 3 is 2.41 bits per heavy atom. The van der Waals surface area contributed by atoms with E-state index in [4.69, 9.17) is 0 Å². The van der Waals surface area contributed by atoms with E-state index in [2.05, 4.69) is 12.2 Å². The third-order valence-electron chi connectivity index (χ3n) is 4.57. The summed E-state index contributed by atoms with van der Waals surface area (Å²) in [7, 11) is 1.85. The van der Waals surface area contributed by atoms with E-state index in [1.807, 2.05) is 42.3 Å². The molecule has 0 saturated heterocycles. The molecule has 1 aromatic rings. The molecule has 22 heavy (non-hydrogen) atoms. The first-order valence-corrected chi connectivity index (χ1v) is 8.12. The average Bonchev–Trinajstić information content (AvgIpc) is 2.53. The van der Waals surface area contributed by atoms with E-state index in [1.165, 1.54) is 12.8 Å². The van der Waals surface area contributed by atoms with Crippen molar-refractivity contribution in [1.82, 2.24) is 10.2 Å². The van der Waals surface area contributed by atoms with Gasteiger partial charge >= 0.3 is 0 Å². The minimum absolute atomic E-state index is 0.000893. The number of hydrogen-bond donors (Lipinski definition) is 1. The zero-order valence-electron chi connectivity index (χ0n) is 13.5. The van der Waals surface area contributed by atoms with Gasteiger partial charge in [-0.15, -0.1) is 0 Å². The van der Waals surface area contributed by atoms with Crippen LogP contribution in [0.4, 0.5) is 0 Å². The number of hydrogen-bond acceptors (Lipinski definition) is 2. The molecule has 1 aliphatic carbocycles. The lowest BCUT2D eigenvalue weighted by molar-refractivity contribution is -0.134. The summed E-state index contributed by atoms with van der Waals surface area (Å²) in [5.41, 5.74) is 0.960. The van der Waals surface area contributed by atoms with E-state index >= 15 is 0 Å². The quantitative estimate of drug-likeness (QED) is 0.908. The molecule has 0 radical (unpaired) electrons. The maximum Gasteiger partial charge on any atom is 0.241 e. The van der Waals surface area contributed by atoms with Gasteiger partial charge in [-0.25, -0.2) is 0 Å². The predicted molar refractivity (Wildman–Crippen MR) is 87.3 cm³/mol. The normalized spacial score (nSPS) is 21.2. The van der Waals surface area contributed by atoms with Gasteiger partial charge in [0.05, 0.1) is 13.0 Å². The van der Waals surface area contributed by atoms with Gasteiger partial charge in [-0.3, -0.25) is 9.59 Å². The van der Waals surface area contributed by atoms with Crippen molar-refractivity contribution in [2.24, 2.45) is 5.92 Å². The van der Waals surface area contributed by atoms with Gasteiger partial charge in [0, 0.05) is 13.1 Å². The van der Waals surface area contributed by atoms with Crippen molar-refractivity contribution >= 4 is 11.8 Å². The van der Waals surface area contributed by atoms with Crippen LogP contribution in [0.25, 0.3) is 0 Å². The molecular formula is C18H26N2O2. The topological polar surface area (TPSA) is 49.4 Å². The third kappa shape index (κ3) is 4.86. The van der Waals surface area contributed by atoms with Gasteiger partial charge in [0.2, 0.25) is 11.8 Å². The summed E-state index contributed by atoms with van der Waals surface area (Å²) in [6.07, 6.45) is 4.83. The molecule has 2 amide bonds. The number of nitrogens with one attached hydrogen (secondary N) is 1. The molecule has 0 atom stereocenters. The first-order chi connectivity index (χ1) is 10.6. The van der Waals surface area contributed by atoms with Gasteiger partial charge in [0.1, 0.15) is 0 Å². The van der Waals surface area contributed by atoms with Crippen LogP contribution in [0.1, 0.15) is 38.2 Å². The Morgan fingerprint density at radius 2 is 1.77 bits per heavy atom. The molecule has 2 rings (SSSR count). The summed E-state index contributed by atoms with van der Waals surface area (Å²) in [4.78, 5) is 25.9. The molecule has 4 nitrogen and oxygen atoms in total. The number of likely N-dealkylation sites (N-methyl/N-ethyl adjacent to an activating group) is 1. The van der Waals surface area contributed by atoms with Crippen LogP contribution in [0.5, 0.6) is 0 Å². The second-order valence-electron chi connectivity index (χ2n) is 6.36. The monoisotopic (exact) mass is 302 g/mol. The van der Waals surface area contributed by atoms with Crippen molar-refractivity contribution in [3.8, 4) is 0 Å². The van der Waals surface area contributed by atoms with E-state index in [0.29, 0.717) is 12.5 Å². The molecule has 0 unspecified atom stereocenters. The molecule has 0 aromatic heterocycles. The fourth-order valence-corrected chi connectivity index (χ4v) is 2.98. The minimum atomic E-state index is -0.106. The Bertz CT molecular complexity index is 493. The van der Waals surface area contributed by atoms with Crippen LogP contribution in [0.3, 0.4) is 0 Å². The summed E-state index contributed by atoms with van der Waals surface area (Å²) in [5, 5.41) is 2.73. The molecule has 0 spiro atoms. The number of amides is 2. The lowest BCUT2D eigenvalue weighted by atomic mass is 9.87. The van der Waals surface area contributed by atoms with Gasteiger partial charge in [0.25, 0.3) is 0 Å². The zero-order chi connectivity index (χ0) is 15.9. The van der Waals surface area contributed by atoms with Gasteiger partial charge in [-0.1, -0.05) is 37.3 Å². The van der Waals surface area contributed by atoms with Gasteiger partial charge in [0.15, 0.2) is 0 Å². The summed E-state index contributed by atoms with van der Waals surface area (Å²) in [6, 6.07) is 9.89. The summed E-state index contributed by atoms with van der Waals surface area (Å²) >= 11 is 0. The number of carbonyl (C=O) groups excluding carboxylic acids is 2. The van der Waals surface area contributed by atoms with Gasteiger partial charge in [-0.2, -0.15) is 0 Å². The molecule has 1 aliphatic rings. The molecule has 4 heteroatoms. The Morgan fingerprint density at radius 1 is 1.14 bits per heavy atom. The molecule has 0 heterocycles. The van der Waals surface area contributed by atoms with Gasteiger partial charge in [-0.05, 0) is 37.2 Å². The highest BCUT2D eigenvalue weighted by molar-refractivity contribution is 5.85. The SMILES string of the molecule is CC1CCC(N(C)C(=O)CNC(=O)Cc2ccccc2)CC1. The fourth-order valence-electron chi connectivity index (χ4n) is 2.98. The van der Waals surface area contributed by atoms with E-state index in [9.17, 15) is 9.59 Å². The third-order valence-corrected chi connectivity index (χ3v) is 4.57. The van der Waals surface area contributed by atoms with Crippen molar-refractivity contribution in [3.63, 3.8) is 0 Å². The average molecular weight is 302 g/mol. The molecule has 1 aromatic carbocycles. The van der Waals surface area contributed by atoms with E-state index in [0.717, 1.165) is 24.3 Å². The highest BCUT2D eigenvalue weighted by Gasteiger charge is 2.24. The highest BCUT2D eigenvalue weighted by atomic mass is 16.2. The molecule has 1 N–H and O–H groups in total. The highest BCUT2D eigenvalue weighted by Crippen LogP contribution is 2.26. The van der Waals surface area contributed by atoms with Crippen LogP contribution in [0.2, 0.25) is 0 Å². The van der Waals surface area contributed by atoms with Crippen molar-refractivity contribution in [2.45, 2.75) is 45.1 Å². The van der Waals surface area contributed by atoms with Crippen LogP contribution in [-0.2, 0) is 16.0 Å². The van der Waals surface area contributed by atoms with Crippen LogP contribution in [0, 0.1) is 5.92 Å². The van der Waals surface area contributed by atoms with Crippen molar-refractivity contribution < 1.29 is 9.59 Å². The Labute approximate surface area is 132 Å². The minimum Gasteiger partial charge on any atom is -0.347 e. The van der Waals surface area contributed by atoms with Crippen LogP contribution < -0.4 is 5.32 Å². The summed E-state index contributed by atoms with van der Waals surface area (Å²) in [6.45, 7) is 2.36. The molecular weight excluding hydrogens is 276 g/mol. The Kier molecular flexibility index (Phi) is 5.99. The Balaban J connectivity index is 1.73. The summed E-state index contributed by atoms with van der Waals surface area (Å²) < 4.78 is 0. The van der Waals surface area contributed by atoms with Crippen LogP contribution in [0.15, 0.2) is 30.3 Å². The van der Waals surface area contributed by atoms with Crippen LogP contribution in [-0.4, -0.2) is 36.3 Å². The fraction of sp³-hybridized carbons (Fsp3) is 0.556. The van der Waals surface area contributed by atoms with E-state index in [-0.39, 0.29) is 18.4 Å². The van der Waals surface area contributed by atoms with E-state index in [1.54, 1.807) is 0 Å². The van der Waals surface area contributed by atoms with Gasteiger partial charge < -0.3 is 10.2 Å². The van der Waals surface area contributed by atoms with Crippen molar-refractivity contribution in [1.29, 1.82) is 0 Å². The molecule has 0 bridgehead atoms. The lowest BCUT2D eigenvalue weighted by Crippen LogP contribution is -2.44. The maximum atomic E-state index is 12.2. The maximum absolute atomic E-state index is 12.2. The second kappa shape index (κ2) is 7.97. The molecule has 120 valence electrons. The van der Waals surface area contributed by atoms with Crippen LogP contribution >= 0.6 is 0 Å². The van der Waals surface area contributed by atoms with Crippen molar-refractivity contribution in [3.05, 3.63) is 35.9 Å². The first kappa shape index (κ1) is 16.5. The largest absolute Gasteiger partial charge is 0.347 e. The second-order valence-corrected chi connectivity index (χ2v) is 6.36. The van der Waals surface area contributed by atoms with Crippen molar-refractivity contribution in [2.75, 3.05) is 13.6 Å². The standard InChI is InChI=1S/C18H26N2O2/c1-14-8-10-16(11-9-14)20(2)18(22)13-19-17(21)12-15-6-4-3-5-7-15/h3-7,14,16H,8-13H2,1-2H3,(H,19,21). The lowest BCUT2D eigenvalue weighted by Gasteiger charge is -2.33. The number of carbonyl (C=O) groups is 2. The Hall–Kier alpha value is -1.84. The number of benzene rings is 1. The number of nitrogens with zero attached hydrogens (tertiary/aromatic N) is 1. The predicted octanol–water partition coefficient (Wildman–Crippen LogP) is 2.38. The smallest absolute Gasteiger partial charge is 0.241 e. The first-order valence-electron chi connectivity index (χ1n) is 8.12. The molecule has 0 aliphatic heterocycles. The van der Waals surface area contributed by atoms with E-state index < -0.39 is 0 Å². The number of rotatable bonds is 5. The molecule has 1 fully saturated rings.